The zero-order chi connectivity index (χ0) is 22.5. The predicted molar refractivity (Wildman–Crippen MR) is 129 cm³/mol. The van der Waals surface area contributed by atoms with Crippen LogP contribution in [0.1, 0.15) is 60.5 Å². The van der Waals surface area contributed by atoms with Gasteiger partial charge in [-0.15, -0.1) is 0 Å². The number of aromatic nitrogens is 1. The van der Waals surface area contributed by atoms with E-state index >= 15 is 0 Å². The highest BCUT2D eigenvalue weighted by Gasteiger charge is 2.20. The minimum Gasteiger partial charge on any atom is -0.494 e. The number of hydrogen-bond acceptors (Lipinski definition) is 4. The second-order valence-corrected chi connectivity index (χ2v) is 8.07. The molecule has 0 unspecified atom stereocenters. The minimum atomic E-state index is -0.147. The van der Waals surface area contributed by atoms with Crippen molar-refractivity contribution >= 4 is 28.5 Å². The number of ether oxygens (including phenoxy) is 1. The van der Waals surface area contributed by atoms with E-state index < -0.39 is 0 Å². The number of nitrogens with zero attached hydrogens (tertiary/aromatic N) is 1. The molecular weight excluding hydrogens is 398 g/mol. The van der Waals surface area contributed by atoms with Gasteiger partial charge in [0.2, 0.25) is 5.89 Å². The van der Waals surface area contributed by atoms with Crippen molar-refractivity contribution < 1.29 is 13.9 Å². The summed E-state index contributed by atoms with van der Waals surface area (Å²) in [6.07, 6.45) is 2.78. The minimum absolute atomic E-state index is 0.147. The maximum Gasteiger partial charge on any atom is 0.231 e. The number of para-hydroxylation sites is 2. The zero-order valence-electron chi connectivity index (χ0n) is 18.7. The Morgan fingerprint density at radius 1 is 1.00 bits per heavy atom. The van der Waals surface area contributed by atoms with Crippen molar-refractivity contribution in [1.82, 2.24) is 4.98 Å². The zero-order valence-corrected chi connectivity index (χ0v) is 18.7. The van der Waals surface area contributed by atoms with Crippen LogP contribution < -0.4 is 4.74 Å². The van der Waals surface area contributed by atoms with Gasteiger partial charge in [0.1, 0.15) is 11.3 Å². The maximum absolute atomic E-state index is 13.5. The number of carbonyl (C=O) groups excluding carboxylic acids is 1. The van der Waals surface area contributed by atoms with Crippen molar-refractivity contribution in [2.24, 2.45) is 0 Å². The number of fused-ring (bicyclic) bond motifs is 1. The van der Waals surface area contributed by atoms with Gasteiger partial charge in [-0.25, -0.2) is 4.98 Å². The van der Waals surface area contributed by atoms with Crippen molar-refractivity contribution in [2.45, 2.75) is 33.1 Å². The molecule has 32 heavy (non-hydrogen) atoms. The van der Waals surface area contributed by atoms with E-state index in [1.165, 1.54) is 5.56 Å². The molecule has 0 radical (unpaired) electrons. The molecule has 0 atom stereocenters. The lowest BCUT2D eigenvalue weighted by molar-refractivity contribution is 0.105. The van der Waals surface area contributed by atoms with Crippen LogP contribution in [-0.4, -0.2) is 17.4 Å². The van der Waals surface area contributed by atoms with Crippen molar-refractivity contribution in [3.05, 3.63) is 95.4 Å². The molecule has 0 aliphatic rings. The summed E-state index contributed by atoms with van der Waals surface area (Å²) in [5.41, 5.74) is 4.52. The molecule has 1 aromatic heterocycles. The fourth-order valence-electron chi connectivity index (χ4n) is 3.43. The summed E-state index contributed by atoms with van der Waals surface area (Å²) in [7, 11) is 0. The first kappa shape index (κ1) is 21.6. The van der Waals surface area contributed by atoms with E-state index in [0.29, 0.717) is 35.1 Å². The molecule has 4 aromatic rings. The van der Waals surface area contributed by atoms with Crippen LogP contribution in [0.4, 0.5) is 0 Å². The Bertz CT molecular complexity index is 1200. The van der Waals surface area contributed by atoms with E-state index in [1.807, 2.05) is 54.6 Å². The topological polar surface area (TPSA) is 52.3 Å². The standard InChI is InChI=1S/C28H27NO3/c1-4-17-31-23-15-13-22(14-16-23)27(30)24(18-20-9-11-21(12-10-20)19(2)3)28-29-25-7-5-6-8-26(25)32-28/h5-16,18-19H,4,17H2,1-3H3. The monoisotopic (exact) mass is 425 g/mol. The summed E-state index contributed by atoms with van der Waals surface area (Å²) >= 11 is 0. The number of benzene rings is 3. The Kier molecular flexibility index (Phi) is 6.50. The van der Waals surface area contributed by atoms with Crippen LogP contribution in [-0.2, 0) is 0 Å². The Labute approximate surface area is 188 Å². The van der Waals surface area contributed by atoms with E-state index in [4.69, 9.17) is 9.15 Å². The normalized spacial score (nSPS) is 11.8. The number of carbonyl (C=O) groups is 1. The van der Waals surface area contributed by atoms with Gasteiger partial charge in [-0.3, -0.25) is 4.79 Å². The molecule has 0 N–H and O–H groups in total. The summed E-state index contributed by atoms with van der Waals surface area (Å²) in [4.78, 5) is 18.1. The lowest BCUT2D eigenvalue weighted by atomic mass is 9.98. The Morgan fingerprint density at radius 2 is 1.72 bits per heavy atom. The third-order valence-corrected chi connectivity index (χ3v) is 5.27. The average Bonchev–Trinajstić information content (AvgIpc) is 3.25. The van der Waals surface area contributed by atoms with E-state index in [9.17, 15) is 4.79 Å². The number of allylic oxidation sites excluding steroid dienone is 1. The summed E-state index contributed by atoms with van der Waals surface area (Å²) in [5, 5.41) is 0. The summed E-state index contributed by atoms with van der Waals surface area (Å²) in [5.74, 6) is 1.36. The second kappa shape index (κ2) is 9.65. The molecule has 4 rings (SSSR count). The molecule has 0 saturated heterocycles. The lowest BCUT2D eigenvalue weighted by Crippen LogP contribution is -2.04. The Balaban J connectivity index is 1.73. The Hall–Kier alpha value is -3.66. The van der Waals surface area contributed by atoms with Crippen molar-refractivity contribution in [3.63, 3.8) is 0 Å². The van der Waals surface area contributed by atoms with Crippen LogP contribution in [0.15, 0.2) is 77.2 Å². The molecule has 0 bridgehead atoms. The van der Waals surface area contributed by atoms with Gasteiger partial charge in [0, 0.05) is 5.56 Å². The molecule has 162 valence electrons. The fourth-order valence-corrected chi connectivity index (χ4v) is 3.43. The molecule has 0 fully saturated rings. The van der Waals surface area contributed by atoms with Crippen LogP contribution in [0.25, 0.3) is 22.7 Å². The molecule has 0 spiro atoms. The molecule has 4 heteroatoms. The van der Waals surface area contributed by atoms with Crippen LogP contribution in [0, 0.1) is 0 Å². The first-order valence-corrected chi connectivity index (χ1v) is 11.0. The van der Waals surface area contributed by atoms with Gasteiger partial charge < -0.3 is 9.15 Å². The predicted octanol–water partition coefficient (Wildman–Crippen LogP) is 7.16. The Morgan fingerprint density at radius 3 is 2.38 bits per heavy atom. The van der Waals surface area contributed by atoms with Gasteiger partial charge in [-0.05, 0) is 65.9 Å². The molecule has 1 heterocycles. The summed E-state index contributed by atoms with van der Waals surface area (Å²) in [6.45, 7) is 7.02. The third kappa shape index (κ3) is 4.80. The van der Waals surface area contributed by atoms with Crippen molar-refractivity contribution in [1.29, 1.82) is 0 Å². The first-order valence-electron chi connectivity index (χ1n) is 11.0. The lowest BCUT2D eigenvalue weighted by Gasteiger charge is -2.08. The smallest absolute Gasteiger partial charge is 0.231 e. The van der Waals surface area contributed by atoms with Gasteiger partial charge in [0.05, 0.1) is 12.2 Å². The number of rotatable bonds is 8. The summed E-state index contributed by atoms with van der Waals surface area (Å²) in [6, 6.07) is 23.0. The molecule has 4 nitrogen and oxygen atoms in total. The molecule has 0 aliphatic heterocycles. The third-order valence-electron chi connectivity index (χ3n) is 5.27. The number of hydrogen-bond donors (Lipinski definition) is 0. The number of ketones is 1. The van der Waals surface area contributed by atoms with E-state index in [2.05, 4.69) is 37.9 Å². The van der Waals surface area contributed by atoms with Crippen molar-refractivity contribution in [3.8, 4) is 5.75 Å². The molecule has 3 aromatic carbocycles. The fraction of sp³-hybridized carbons (Fsp3) is 0.214. The highest BCUT2D eigenvalue weighted by atomic mass is 16.5. The van der Waals surface area contributed by atoms with Crippen LogP contribution in [0.3, 0.4) is 0 Å². The van der Waals surface area contributed by atoms with Crippen molar-refractivity contribution in [2.75, 3.05) is 6.61 Å². The van der Waals surface area contributed by atoms with E-state index in [-0.39, 0.29) is 5.78 Å². The molecule has 0 aliphatic carbocycles. The van der Waals surface area contributed by atoms with Crippen LogP contribution >= 0.6 is 0 Å². The molecular formula is C28H27NO3. The van der Waals surface area contributed by atoms with E-state index in [1.54, 1.807) is 12.1 Å². The van der Waals surface area contributed by atoms with Gasteiger partial charge in [0.25, 0.3) is 0 Å². The quantitative estimate of drug-likeness (QED) is 0.222. The molecule has 0 saturated carbocycles. The number of Topliss-reactive ketones (excluding diaryl/α,β-unsaturated/α-hetero) is 1. The van der Waals surface area contributed by atoms with Crippen LogP contribution in [0.5, 0.6) is 5.75 Å². The van der Waals surface area contributed by atoms with E-state index in [0.717, 1.165) is 23.3 Å². The SMILES string of the molecule is CCCOc1ccc(C(=O)C(=Cc2ccc(C(C)C)cc2)c2nc3ccccc3o2)cc1. The van der Waals surface area contributed by atoms with Gasteiger partial charge >= 0.3 is 0 Å². The average molecular weight is 426 g/mol. The van der Waals surface area contributed by atoms with Crippen LogP contribution in [0.2, 0.25) is 0 Å². The second-order valence-electron chi connectivity index (χ2n) is 8.07. The van der Waals surface area contributed by atoms with Gasteiger partial charge in [0.15, 0.2) is 11.4 Å². The largest absolute Gasteiger partial charge is 0.494 e. The number of oxazole rings is 1. The maximum atomic E-state index is 13.5. The van der Waals surface area contributed by atoms with Gasteiger partial charge in [-0.2, -0.15) is 0 Å². The highest BCUT2D eigenvalue weighted by Crippen LogP contribution is 2.27. The first-order chi connectivity index (χ1) is 15.5. The molecule has 0 amide bonds. The highest BCUT2D eigenvalue weighted by molar-refractivity contribution is 6.31. The summed E-state index contributed by atoms with van der Waals surface area (Å²) < 4.78 is 11.6. The van der Waals surface area contributed by atoms with Gasteiger partial charge in [-0.1, -0.05) is 57.2 Å².